The van der Waals surface area contributed by atoms with E-state index in [2.05, 4.69) is 36.5 Å². The van der Waals surface area contributed by atoms with Crippen LogP contribution in [0.2, 0.25) is 0 Å². The first-order chi connectivity index (χ1) is 7.50. The Bertz CT molecular complexity index is 232. The van der Waals surface area contributed by atoms with Gasteiger partial charge in [0, 0.05) is 0 Å². The summed E-state index contributed by atoms with van der Waals surface area (Å²) in [7, 11) is 0. The maximum Gasteiger partial charge on any atom is 3.00 e. The van der Waals surface area contributed by atoms with Crippen LogP contribution in [-0.2, 0) is 0 Å². The molecule has 3 rings (SSSR count). The van der Waals surface area contributed by atoms with Gasteiger partial charge in [-0.2, -0.15) is 18.2 Å². The van der Waals surface area contributed by atoms with Crippen molar-refractivity contribution < 1.29 is 39.9 Å². The van der Waals surface area contributed by atoms with E-state index >= 15 is 0 Å². The Morgan fingerprint density at radius 1 is 0.562 bits per heavy atom. The summed E-state index contributed by atoms with van der Waals surface area (Å²) in [6, 6.07) is 0. The van der Waals surface area contributed by atoms with Crippen molar-refractivity contribution >= 4 is 0 Å². The summed E-state index contributed by atoms with van der Waals surface area (Å²) in [5.74, 6) is 0. The molecule has 1 heteroatoms. The standard InChI is InChI=1S/3C5H5.Gd/c3*1-2-4-5-3-1;/h3*1-3H,4H2;/q3*-1;+3. The first kappa shape index (κ1) is 15.8. The Kier molecular flexibility index (Phi) is 12.6. The van der Waals surface area contributed by atoms with Gasteiger partial charge in [-0.15, -0.1) is 19.3 Å². The normalized spacial score (nSPS) is 16.5. The molecular weight excluding hydrogens is 337 g/mol. The maximum absolute atomic E-state index is 2.99. The number of allylic oxidation sites excluding steroid dienone is 12. The Hall–Kier alpha value is -0.235. The molecule has 0 saturated carbocycles. The third-order valence-corrected chi connectivity index (χ3v) is 1.76. The van der Waals surface area contributed by atoms with Crippen molar-refractivity contribution in [2.45, 2.75) is 19.3 Å². The van der Waals surface area contributed by atoms with Crippen LogP contribution in [0.15, 0.2) is 54.7 Å². The van der Waals surface area contributed by atoms with Crippen LogP contribution in [0.1, 0.15) is 19.3 Å². The van der Waals surface area contributed by atoms with E-state index < -0.39 is 0 Å². The van der Waals surface area contributed by atoms with Gasteiger partial charge in [-0.25, -0.2) is 36.5 Å². The van der Waals surface area contributed by atoms with Gasteiger partial charge in [-0.3, -0.25) is 18.2 Å². The fourth-order valence-electron chi connectivity index (χ4n) is 1.02. The summed E-state index contributed by atoms with van der Waals surface area (Å²) in [5, 5.41) is 0. The van der Waals surface area contributed by atoms with Crippen molar-refractivity contribution in [3.63, 3.8) is 0 Å². The summed E-state index contributed by atoms with van der Waals surface area (Å²) >= 11 is 0. The van der Waals surface area contributed by atoms with Crippen LogP contribution in [0.4, 0.5) is 0 Å². The van der Waals surface area contributed by atoms with E-state index in [-0.39, 0.29) is 39.9 Å². The predicted octanol–water partition coefficient (Wildman–Crippen LogP) is 3.92. The van der Waals surface area contributed by atoms with Crippen molar-refractivity contribution in [2.75, 3.05) is 0 Å². The minimum atomic E-state index is 0. The van der Waals surface area contributed by atoms with Gasteiger partial charge in [0.25, 0.3) is 0 Å². The first-order valence-electron chi connectivity index (χ1n) is 5.15. The molecule has 0 atom stereocenters. The van der Waals surface area contributed by atoms with Crippen LogP contribution in [0.3, 0.4) is 0 Å². The number of hydrogen-bond donors (Lipinski definition) is 0. The molecule has 3 aliphatic rings. The Morgan fingerprint density at radius 2 is 0.875 bits per heavy atom. The Morgan fingerprint density at radius 3 is 0.938 bits per heavy atom. The molecule has 0 N–H and O–H groups in total. The minimum absolute atomic E-state index is 0. The van der Waals surface area contributed by atoms with Gasteiger partial charge in [0.05, 0.1) is 0 Å². The molecule has 0 aromatic rings. The van der Waals surface area contributed by atoms with Gasteiger partial charge in [-0.05, 0) is 0 Å². The van der Waals surface area contributed by atoms with Crippen LogP contribution in [-0.4, -0.2) is 0 Å². The minimum Gasteiger partial charge on any atom is -0.273 e. The molecule has 0 aromatic heterocycles. The molecule has 0 nitrogen and oxygen atoms in total. The van der Waals surface area contributed by atoms with Gasteiger partial charge in [0.2, 0.25) is 0 Å². The van der Waals surface area contributed by atoms with Crippen LogP contribution < -0.4 is 0 Å². The molecule has 0 aliphatic heterocycles. The second-order valence-corrected chi connectivity index (χ2v) is 3.01. The van der Waals surface area contributed by atoms with Crippen LogP contribution >= 0.6 is 0 Å². The molecule has 0 aromatic carbocycles. The zero-order valence-electron chi connectivity index (χ0n) is 9.17. The molecule has 83 valence electrons. The largest absolute Gasteiger partial charge is 3.00 e. The molecule has 3 aliphatic carbocycles. The number of hydrogen-bond acceptors (Lipinski definition) is 0. The van der Waals surface area contributed by atoms with E-state index in [4.69, 9.17) is 0 Å². The van der Waals surface area contributed by atoms with Crippen molar-refractivity contribution in [2.24, 2.45) is 0 Å². The predicted molar refractivity (Wildman–Crippen MR) is 64.7 cm³/mol. The van der Waals surface area contributed by atoms with Gasteiger partial charge >= 0.3 is 39.9 Å². The van der Waals surface area contributed by atoms with Crippen molar-refractivity contribution in [1.82, 2.24) is 0 Å². The second kappa shape index (κ2) is 12.8. The topological polar surface area (TPSA) is 0 Å². The molecular formula is C15H15Gd. The summed E-state index contributed by atoms with van der Waals surface area (Å²) in [6.07, 6.45) is 30.0. The Balaban J connectivity index is 0.000000205. The molecule has 0 amide bonds. The third kappa shape index (κ3) is 10.3. The third-order valence-electron chi connectivity index (χ3n) is 1.76. The zero-order chi connectivity index (χ0) is 10.6. The van der Waals surface area contributed by atoms with Crippen LogP contribution in [0, 0.1) is 58.2 Å². The van der Waals surface area contributed by atoms with E-state index in [9.17, 15) is 0 Å². The first-order valence-corrected chi connectivity index (χ1v) is 5.15. The van der Waals surface area contributed by atoms with Crippen molar-refractivity contribution in [3.8, 4) is 0 Å². The van der Waals surface area contributed by atoms with Crippen LogP contribution in [0.5, 0.6) is 0 Å². The van der Waals surface area contributed by atoms with E-state index in [1.165, 1.54) is 0 Å². The van der Waals surface area contributed by atoms with E-state index in [0.29, 0.717) is 0 Å². The SMILES string of the molecule is [C-]1=CC=CC1.[C-]1=CC=CC1.[C-]1=CC=CC1.[Gd+3]. The maximum atomic E-state index is 2.99. The second-order valence-electron chi connectivity index (χ2n) is 3.01. The average Bonchev–Trinajstić information content (AvgIpc) is 3.09. The fraction of sp³-hybridized carbons (Fsp3) is 0.200. The van der Waals surface area contributed by atoms with Crippen molar-refractivity contribution in [1.29, 1.82) is 0 Å². The molecule has 0 fully saturated rings. The molecule has 1 radical (unpaired) electrons. The Labute approximate surface area is 131 Å². The zero-order valence-corrected chi connectivity index (χ0v) is 11.4. The summed E-state index contributed by atoms with van der Waals surface area (Å²) in [5.41, 5.74) is 0. The molecule has 0 bridgehead atoms. The van der Waals surface area contributed by atoms with Crippen LogP contribution in [0.25, 0.3) is 0 Å². The fourth-order valence-corrected chi connectivity index (χ4v) is 1.02. The van der Waals surface area contributed by atoms with E-state index in [1.54, 1.807) is 0 Å². The smallest absolute Gasteiger partial charge is 0.273 e. The number of rotatable bonds is 0. The van der Waals surface area contributed by atoms with Gasteiger partial charge < -0.3 is 0 Å². The van der Waals surface area contributed by atoms with Gasteiger partial charge in [0.1, 0.15) is 0 Å². The van der Waals surface area contributed by atoms with Gasteiger partial charge in [0.15, 0.2) is 0 Å². The van der Waals surface area contributed by atoms with Crippen molar-refractivity contribution in [3.05, 3.63) is 72.9 Å². The average molecular weight is 353 g/mol. The van der Waals surface area contributed by atoms with E-state index in [1.807, 2.05) is 36.5 Å². The molecule has 0 heterocycles. The molecule has 0 saturated heterocycles. The summed E-state index contributed by atoms with van der Waals surface area (Å²) in [6.45, 7) is 0. The quantitative estimate of drug-likeness (QED) is 0.580. The van der Waals surface area contributed by atoms with Gasteiger partial charge in [-0.1, -0.05) is 0 Å². The monoisotopic (exact) mass is 353 g/mol. The summed E-state index contributed by atoms with van der Waals surface area (Å²) in [4.78, 5) is 0. The molecule has 0 spiro atoms. The molecule has 0 unspecified atom stereocenters. The van der Waals surface area contributed by atoms with E-state index in [0.717, 1.165) is 19.3 Å². The summed E-state index contributed by atoms with van der Waals surface area (Å²) < 4.78 is 0. The molecule has 16 heavy (non-hydrogen) atoms.